The molecule has 9 heteroatoms. The van der Waals surface area contributed by atoms with Gasteiger partial charge in [-0.15, -0.1) is 0 Å². The molecule has 0 saturated carbocycles. The van der Waals surface area contributed by atoms with Crippen LogP contribution in [-0.2, 0) is 4.79 Å². The summed E-state index contributed by atoms with van der Waals surface area (Å²) in [4.78, 5) is 11.4. The van der Waals surface area contributed by atoms with Crippen LogP contribution in [0.4, 0.5) is 27.6 Å². The van der Waals surface area contributed by atoms with Crippen LogP contribution in [0.1, 0.15) is 6.92 Å². The first-order valence-electron chi connectivity index (χ1n) is 5.35. The Morgan fingerprint density at radius 3 is 2.45 bits per heavy atom. The summed E-state index contributed by atoms with van der Waals surface area (Å²) in [5.41, 5.74) is -0.319. The van der Waals surface area contributed by atoms with Gasteiger partial charge in [0.1, 0.15) is 24.2 Å². The van der Waals surface area contributed by atoms with Gasteiger partial charge in [0.05, 0.1) is 10.2 Å². The van der Waals surface area contributed by atoms with E-state index in [9.17, 15) is 26.7 Å². The molecule has 1 atom stereocenters. The van der Waals surface area contributed by atoms with Crippen molar-refractivity contribution in [3.05, 3.63) is 28.2 Å². The number of carbonyl (C=O) groups is 1. The van der Waals surface area contributed by atoms with Crippen LogP contribution < -0.4 is 10.6 Å². The Kier molecular flexibility index (Phi) is 5.32. The molecule has 3 nitrogen and oxygen atoms in total. The number of nitrogens with one attached hydrogen (secondary N) is 2. The summed E-state index contributed by atoms with van der Waals surface area (Å²) in [6, 6.07) is 0.484. The second kappa shape index (κ2) is 6.38. The van der Waals surface area contributed by atoms with E-state index in [1.807, 2.05) is 0 Å². The second-order valence-electron chi connectivity index (χ2n) is 3.95. The number of alkyl halides is 3. The molecule has 0 aliphatic heterocycles. The molecule has 0 aromatic heterocycles. The zero-order valence-electron chi connectivity index (χ0n) is 10.1. The number of hydrogen-bond donors (Lipinski definition) is 2. The highest BCUT2D eigenvalue weighted by atomic mass is 79.9. The van der Waals surface area contributed by atoms with Crippen molar-refractivity contribution >= 4 is 27.5 Å². The van der Waals surface area contributed by atoms with Crippen LogP contribution in [0.3, 0.4) is 0 Å². The van der Waals surface area contributed by atoms with Gasteiger partial charge in [-0.25, -0.2) is 8.78 Å². The van der Waals surface area contributed by atoms with E-state index in [0.717, 1.165) is 12.1 Å². The lowest BCUT2D eigenvalue weighted by Crippen LogP contribution is -2.42. The fraction of sp³-hybridized carbons (Fsp3) is 0.364. The topological polar surface area (TPSA) is 41.1 Å². The summed E-state index contributed by atoms with van der Waals surface area (Å²) in [6.07, 6.45) is -4.54. The van der Waals surface area contributed by atoms with Gasteiger partial charge in [-0.05, 0) is 28.9 Å². The van der Waals surface area contributed by atoms with Gasteiger partial charge < -0.3 is 10.6 Å². The Labute approximate surface area is 119 Å². The summed E-state index contributed by atoms with van der Waals surface area (Å²) in [5.74, 6) is -2.59. The first-order chi connectivity index (χ1) is 9.10. The monoisotopic (exact) mass is 360 g/mol. The smallest absolute Gasteiger partial charge is 0.371 e. The SMILES string of the molecule is CC(Nc1cc(F)c(Br)cc1F)C(=O)NCC(F)(F)F. The lowest BCUT2D eigenvalue weighted by Gasteiger charge is -2.16. The van der Waals surface area contributed by atoms with E-state index in [4.69, 9.17) is 0 Å². The van der Waals surface area contributed by atoms with Crippen molar-refractivity contribution in [2.75, 3.05) is 11.9 Å². The van der Waals surface area contributed by atoms with Crippen molar-refractivity contribution in [3.8, 4) is 0 Å². The molecule has 0 radical (unpaired) electrons. The molecule has 0 heterocycles. The maximum absolute atomic E-state index is 13.5. The highest BCUT2D eigenvalue weighted by Gasteiger charge is 2.28. The molecule has 1 rings (SSSR count). The molecule has 20 heavy (non-hydrogen) atoms. The van der Waals surface area contributed by atoms with E-state index in [2.05, 4.69) is 21.2 Å². The van der Waals surface area contributed by atoms with E-state index in [-0.39, 0.29) is 10.2 Å². The van der Waals surface area contributed by atoms with Crippen LogP contribution in [0.25, 0.3) is 0 Å². The standard InChI is InChI=1S/C11H10BrF5N2O/c1-5(10(20)18-4-11(15,16)17)19-9-3-7(13)6(12)2-8(9)14/h2-3,5,19H,4H2,1H3,(H,18,20). The van der Waals surface area contributed by atoms with E-state index in [1.165, 1.54) is 6.92 Å². The third-order valence-corrected chi connectivity index (χ3v) is 2.85. The fourth-order valence-electron chi connectivity index (χ4n) is 1.27. The number of carbonyl (C=O) groups excluding carboxylic acids is 1. The summed E-state index contributed by atoms with van der Waals surface area (Å²) in [7, 11) is 0. The van der Waals surface area contributed by atoms with Gasteiger partial charge in [0.2, 0.25) is 5.91 Å². The average molecular weight is 361 g/mol. The molecule has 0 spiro atoms. The van der Waals surface area contributed by atoms with E-state index in [0.29, 0.717) is 0 Å². The maximum atomic E-state index is 13.5. The Morgan fingerprint density at radius 2 is 1.90 bits per heavy atom. The molecule has 2 N–H and O–H groups in total. The number of halogens is 6. The first kappa shape index (κ1) is 16.7. The van der Waals surface area contributed by atoms with Crippen LogP contribution in [-0.4, -0.2) is 24.7 Å². The van der Waals surface area contributed by atoms with E-state index in [1.54, 1.807) is 5.32 Å². The van der Waals surface area contributed by atoms with Gasteiger partial charge in [-0.1, -0.05) is 0 Å². The van der Waals surface area contributed by atoms with Crippen molar-refractivity contribution in [3.63, 3.8) is 0 Å². The largest absolute Gasteiger partial charge is 0.405 e. The Morgan fingerprint density at radius 1 is 1.30 bits per heavy atom. The molecule has 0 aliphatic carbocycles. The molecule has 0 saturated heterocycles. The van der Waals surface area contributed by atoms with Crippen molar-refractivity contribution < 1.29 is 26.7 Å². The Bertz CT molecular complexity index is 506. The second-order valence-corrected chi connectivity index (χ2v) is 4.80. The number of anilines is 1. The third-order valence-electron chi connectivity index (χ3n) is 2.24. The minimum absolute atomic E-state index is 0.102. The first-order valence-corrected chi connectivity index (χ1v) is 6.15. The number of benzene rings is 1. The molecule has 1 unspecified atom stereocenters. The van der Waals surface area contributed by atoms with Gasteiger partial charge in [-0.3, -0.25) is 4.79 Å². The molecule has 0 fully saturated rings. The zero-order valence-corrected chi connectivity index (χ0v) is 11.7. The molecular weight excluding hydrogens is 351 g/mol. The van der Waals surface area contributed by atoms with E-state index >= 15 is 0 Å². The minimum atomic E-state index is -4.54. The maximum Gasteiger partial charge on any atom is 0.405 e. The quantitative estimate of drug-likeness (QED) is 0.639. The van der Waals surface area contributed by atoms with Crippen molar-refractivity contribution in [1.29, 1.82) is 0 Å². The highest BCUT2D eigenvalue weighted by molar-refractivity contribution is 9.10. The Balaban J connectivity index is 2.69. The van der Waals surface area contributed by atoms with Crippen molar-refractivity contribution in [2.45, 2.75) is 19.1 Å². The Hall–Kier alpha value is -1.38. The van der Waals surface area contributed by atoms with Gasteiger partial charge in [0.25, 0.3) is 0 Å². The lowest BCUT2D eigenvalue weighted by atomic mass is 10.2. The predicted molar refractivity (Wildman–Crippen MR) is 66.2 cm³/mol. The molecule has 0 aliphatic rings. The van der Waals surface area contributed by atoms with Gasteiger partial charge >= 0.3 is 6.18 Å². The van der Waals surface area contributed by atoms with Crippen molar-refractivity contribution in [2.24, 2.45) is 0 Å². The van der Waals surface area contributed by atoms with Crippen LogP contribution in [0.2, 0.25) is 0 Å². The number of amides is 1. The minimum Gasteiger partial charge on any atom is -0.371 e. The van der Waals surface area contributed by atoms with Gasteiger partial charge in [0.15, 0.2) is 0 Å². The molecule has 0 bridgehead atoms. The third kappa shape index (κ3) is 4.95. The number of hydrogen-bond acceptors (Lipinski definition) is 2. The molecule has 112 valence electrons. The summed E-state index contributed by atoms with van der Waals surface area (Å²) in [5, 5.41) is 3.94. The summed E-state index contributed by atoms with van der Waals surface area (Å²) < 4.78 is 62.3. The highest BCUT2D eigenvalue weighted by Crippen LogP contribution is 2.23. The summed E-state index contributed by atoms with van der Waals surface area (Å²) >= 11 is 2.77. The molecule has 1 aromatic rings. The normalized spacial score (nSPS) is 12.9. The molecule has 1 aromatic carbocycles. The summed E-state index contributed by atoms with van der Waals surface area (Å²) in [6.45, 7) is -0.264. The fourth-order valence-corrected chi connectivity index (χ4v) is 1.59. The molecular formula is C11H10BrF5N2O. The average Bonchev–Trinajstić information content (AvgIpc) is 2.31. The lowest BCUT2D eigenvalue weighted by molar-refractivity contribution is -0.138. The number of rotatable bonds is 4. The van der Waals surface area contributed by atoms with Crippen LogP contribution in [0.15, 0.2) is 16.6 Å². The van der Waals surface area contributed by atoms with Crippen molar-refractivity contribution in [1.82, 2.24) is 5.32 Å². The van der Waals surface area contributed by atoms with Crippen LogP contribution >= 0.6 is 15.9 Å². The van der Waals surface area contributed by atoms with Gasteiger partial charge in [0, 0.05) is 6.07 Å². The van der Waals surface area contributed by atoms with Crippen LogP contribution in [0.5, 0.6) is 0 Å². The van der Waals surface area contributed by atoms with E-state index < -0.39 is 36.3 Å². The predicted octanol–water partition coefficient (Wildman–Crippen LogP) is 3.21. The molecule has 1 amide bonds. The van der Waals surface area contributed by atoms with Crippen LogP contribution in [0, 0.1) is 11.6 Å². The van der Waals surface area contributed by atoms with Gasteiger partial charge in [-0.2, -0.15) is 13.2 Å². The zero-order chi connectivity index (χ0) is 15.5.